The quantitative estimate of drug-likeness (QED) is 0.938. The third-order valence-corrected chi connectivity index (χ3v) is 4.18. The molecule has 0 radical (unpaired) electrons. The van der Waals surface area contributed by atoms with Crippen LogP contribution in [0.1, 0.15) is 48.9 Å². The Balaban J connectivity index is 1.69. The zero-order valence-electron chi connectivity index (χ0n) is 13.3. The van der Waals surface area contributed by atoms with Crippen molar-refractivity contribution >= 4 is 6.03 Å². The van der Waals surface area contributed by atoms with Crippen LogP contribution in [0.3, 0.4) is 0 Å². The Labute approximate surface area is 134 Å². The summed E-state index contributed by atoms with van der Waals surface area (Å²) in [6.07, 6.45) is 1.78. The van der Waals surface area contributed by atoms with Gasteiger partial charge in [-0.3, -0.25) is 0 Å². The molecule has 0 bridgehead atoms. The fourth-order valence-corrected chi connectivity index (χ4v) is 2.97. The van der Waals surface area contributed by atoms with Crippen LogP contribution >= 0.6 is 0 Å². The second-order valence-corrected chi connectivity index (χ2v) is 5.95. The highest BCUT2D eigenvalue weighted by atomic mass is 19.1. The first-order valence-corrected chi connectivity index (χ1v) is 7.80. The fourth-order valence-electron chi connectivity index (χ4n) is 2.97. The van der Waals surface area contributed by atoms with Crippen molar-refractivity contribution in [1.29, 1.82) is 0 Å². The third kappa shape index (κ3) is 3.36. The van der Waals surface area contributed by atoms with Crippen LogP contribution in [0.5, 0.6) is 0 Å². The van der Waals surface area contributed by atoms with Crippen LogP contribution in [0.4, 0.5) is 9.18 Å². The minimum atomic E-state index is -0.306. The molecule has 1 aromatic carbocycles. The molecule has 1 saturated heterocycles. The van der Waals surface area contributed by atoms with E-state index in [-0.39, 0.29) is 23.9 Å². The number of halogens is 1. The predicted octanol–water partition coefficient (Wildman–Crippen LogP) is 3.73. The van der Waals surface area contributed by atoms with E-state index in [4.69, 9.17) is 4.52 Å². The summed E-state index contributed by atoms with van der Waals surface area (Å²) in [7, 11) is 0. The second kappa shape index (κ2) is 6.40. The number of carbonyl (C=O) groups is 1. The minimum Gasteiger partial charge on any atom is -0.359 e. The van der Waals surface area contributed by atoms with E-state index >= 15 is 0 Å². The summed E-state index contributed by atoms with van der Waals surface area (Å²) in [6.45, 7) is 4.38. The Morgan fingerprint density at radius 3 is 3.00 bits per heavy atom. The Morgan fingerprint density at radius 2 is 2.30 bits per heavy atom. The summed E-state index contributed by atoms with van der Waals surface area (Å²) in [5.41, 5.74) is 1.55. The molecule has 2 aromatic rings. The number of amides is 2. The van der Waals surface area contributed by atoms with Gasteiger partial charge in [-0.2, -0.15) is 0 Å². The largest absolute Gasteiger partial charge is 0.359 e. The number of carbonyl (C=O) groups excluding carboxylic acids is 1. The van der Waals surface area contributed by atoms with Crippen LogP contribution in [0.25, 0.3) is 0 Å². The number of hydrogen-bond donors (Lipinski definition) is 1. The lowest BCUT2D eigenvalue weighted by Crippen LogP contribution is -2.40. The highest BCUT2D eigenvalue weighted by molar-refractivity contribution is 5.75. The molecule has 6 heteroatoms. The summed E-state index contributed by atoms with van der Waals surface area (Å²) in [4.78, 5) is 14.3. The molecule has 5 nitrogen and oxygen atoms in total. The molecule has 3 rings (SSSR count). The highest BCUT2D eigenvalue weighted by Gasteiger charge is 2.33. The van der Waals surface area contributed by atoms with Crippen molar-refractivity contribution in [2.75, 3.05) is 6.54 Å². The summed E-state index contributed by atoms with van der Waals surface area (Å²) in [6, 6.07) is 7.61. The van der Waals surface area contributed by atoms with Gasteiger partial charge in [-0.05, 0) is 44.4 Å². The van der Waals surface area contributed by atoms with E-state index in [2.05, 4.69) is 10.5 Å². The van der Waals surface area contributed by atoms with Gasteiger partial charge >= 0.3 is 6.03 Å². The van der Waals surface area contributed by atoms with Crippen molar-refractivity contribution in [2.24, 2.45) is 0 Å². The van der Waals surface area contributed by atoms with Crippen molar-refractivity contribution in [2.45, 2.75) is 38.8 Å². The van der Waals surface area contributed by atoms with Crippen LogP contribution in [0, 0.1) is 12.7 Å². The number of nitrogens with one attached hydrogen (secondary N) is 1. The molecule has 1 fully saturated rings. The molecule has 0 aliphatic carbocycles. The zero-order chi connectivity index (χ0) is 16.4. The molecule has 1 aliphatic rings. The molecular formula is C17H20FN3O2. The molecule has 0 saturated carbocycles. The van der Waals surface area contributed by atoms with Gasteiger partial charge in [0.2, 0.25) is 0 Å². The number of urea groups is 1. The summed E-state index contributed by atoms with van der Waals surface area (Å²) in [5, 5.41) is 6.83. The fraction of sp³-hybridized carbons (Fsp3) is 0.412. The molecule has 1 aliphatic heterocycles. The molecule has 2 amide bonds. The number of aromatic nitrogens is 1. The van der Waals surface area contributed by atoms with Gasteiger partial charge in [0, 0.05) is 12.6 Å². The monoisotopic (exact) mass is 317 g/mol. The van der Waals surface area contributed by atoms with Gasteiger partial charge in [-0.25, -0.2) is 9.18 Å². The van der Waals surface area contributed by atoms with Gasteiger partial charge in [0.25, 0.3) is 0 Å². The summed E-state index contributed by atoms with van der Waals surface area (Å²) < 4.78 is 18.6. The van der Waals surface area contributed by atoms with Crippen LogP contribution in [0.15, 0.2) is 34.9 Å². The summed E-state index contributed by atoms with van der Waals surface area (Å²) in [5.74, 6) is 0.411. The maximum atomic E-state index is 13.3. The Morgan fingerprint density at radius 1 is 1.48 bits per heavy atom. The average Bonchev–Trinajstić information content (AvgIpc) is 3.15. The van der Waals surface area contributed by atoms with Gasteiger partial charge in [-0.15, -0.1) is 0 Å². The SMILES string of the molecule is Cc1cc([C@H]2CCCN2C(=O)N[C@@H](C)c2cccc(F)c2)on1. The number of rotatable bonds is 3. The smallest absolute Gasteiger partial charge is 0.318 e. The maximum Gasteiger partial charge on any atom is 0.318 e. The molecule has 0 spiro atoms. The first-order chi connectivity index (χ1) is 11.0. The third-order valence-electron chi connectivity index (χ3n) is 4.18. The lowest BCUT2D eigenvalue weighted by atomic mass is 10.1. The Bertz CT molecular complexity index is 701. The molecule has 23 heavy (non-hydrogen) atoms. The number of hydrogen-bond acceptors (Lipinski definition) is 3. The predicted molar refractivity (Wildman–Crippen MR) is 83.3 cm³/mol. The molecular weight excluding hydrogens is 297 g/mol. The average molecular weight is 317 g/mol. The molecule has 1 aromatic heterocycles. The van der Waals surface area contributed by atoms with E-state index in [1.165, 1.54) is 12.1 Å². The van der Waals surface area contributed by atoms with Gasteiger partial charge in [0.15, 0.2) is 5.76 Å². The molecule has 1 N–H and O–H groups in total. The van der Waals surface area contributed by atoms with Gasteiger partial charge in [0.1, 0.15) is 5.82 Å². The molecule has 0 unspecified atom stereocenters. The second-order valence-electron chi connectivity index (χ2n) is 5.95. The molecule has 2 heterocycles. The standard InChI is InChI=1S/C17H20FN3O2/c1-11-9-16(23-20-11)15-7-4-8-21(15)17(22)19-12(2)13-5-3-6-14(18)10-13/h3,5-6,9-10,12,15H,4,7-8H2,1-2H3,(H,19,22)/t12-,15+/m0/s1. The van der Waals surface area contributed by atoms with E-state index < -0.39 is 0 Å². The van der Waals surface area contributed by atoms with E-state index in [1.807, 2.05) is 19.9 Å². The zero-order valence-corrected chi connectivity index (χ0v) is 13.3. The van der Waals surface area contributed by atoms with Crippen molar-refractivity contribution in [3.05, 3.63) is 53.2 Å². The lowest BCUT2D eigenvalue weighted by molar-refractivity contribution is 0.179. The van der Waals surface area contributed by atoms with Crippen LogP contribution in [-0.4, -0.2) is 22.6 Å². The van der Waals surface area contributed by atoms with Gasteiger partial charge < -0.3 is 14.7 Å². The van der Waals surface area contributed by atoms with Gasteiger partial charge in [0.05, 0.1) is 17.8 Å². The number of likely N-dealkylation sites (tertiary alicyclic amines) is 1. The van der Waals surface area contributed by atoms with E-state index in [9.17, 15) is 9.18 Å². The van der Waals surface area contributed by atoms with E-state index in [0.717, 1.165) is 24.1 Å². The first kappa shape index (κ1) is 15.5. The minimum absolute atomic E-state index is 0.0871. The van der Waals surface area contributed by atoms with Crippen molar-refractivity contribution in [3.63, 3.8) is 0 Å². The highest BCUT2D eigenvalue weighted by Crippen LogP contribution is 2.32. The number of aryl methyl sites for hydroxylation is 1. The summed E-state index contributed by atoms with van der Waals surface area (Å²) >= 11 is 0. The maximum absolute atomic E-state index is 13.3. The van der Waals surface area contributed by atoms with E-state index in [1.54, 1.807) is 17.0 Å². The number of nitrogens with zero attached hydrogens (tertiary/aromatic N) is 2. The lowest BCUT2D eigenvalue weighted by Gasteiger charge is -2.25. The van der Waals surface area contributed by atoms with Crippen LogP contribution < -0.4 is 5.32 Å². The van der Waals surface area contributed by atoms with Gasteiger partial charge in [-0.1, -0.05) is 17.3 Å². The Kier molecular flexibility index (Phi) is 4.32. The normalized spacial score (nSPS) is 18.9. The number of benzene rings is 1. The van der Waals surface area contributed by atoms with Crippen molar-refractivity contribution in [1.82, 2.24) is 15.4 Å². The molecule has 122 valence electrons. The van der Waals surface area contributed by atoms with Crippen LogP contribution in [0.2, 0.25) is 0 Å². The molecule has 2 atom stereocenters. The van der Waals surface area contributed by atoms with Crippen molar-refractivity contribution < 1.29 is 13.7 Å². The van der Waals surface area contributed by atoms with E-state index in [0.29, 0.717) is 12.3 Å². The van der Waals surface area contributed by atoms with Crippen LogP contribution in [-0.2, 0) is 0 Å². The Hall–Kier alpha value is -2.37. The van der Waals surface area contributed by atoms with Crippen molar-refractivity contribution in [3.8, 4) is 0 Å². The topological polar surface area (TPSA) is 58.4 Å². The first-order valence-electron chi connectivity index (χ1n) is 7.80.